The van der Waals surface area contributed by atoms with Gasteiger partial charge in [0.15, 0.2) is 5.82 Å². The van der Waals surface area contributed by atoms with Crippen LogP contribution in [0.15, 0.2) is 65.3 Å². The van der Waals surface area contributed by atoms with Gasteiger partial charge in [-0.15, -0.1) is 5.10 Å². The minimum atomic E-state index is 0.705. The van der Waals surface area contributed by atoms with Gasteiger partial charge in [0, 0.05) is 10.2 Å². The zero-order chi connectivity index (χ0) is 13.8. The summed E-state index contributed by atoms with van der Waals surface area (Å²) in [6, 6.07) is 18.1. The van der Waals surface area contributed by atoms with E-state index in [1.54, 1.807) is 0 Å². The Morgan fingerprint density at radius 2 is 1.75 bits per heavy atom. The Bertz CT molecular complexity index is 677. The minimum Gasteiger partial charge on any atom is -0.337 e. The lowest BCUT2D eigenvalue weighted by molar-refractivity contribution is 0.650. The number of halogens is 1. The van der Waals surface area contributed by atoms with Crippen molar-refractivity contribution in [3.63, 3.8) is 0 Å². The van der Waals surface area contributed by atoms with Crippen LogP contribution >= 0.6 is 15.9 Å². The van der Waals surface area contributed by atoms with Crippen molar-refractivity contribution >= 4 is 27.4 Å². The van der Waals surface area contributed by atoms with E-state index in [9.17, 15) is 0 Å². The third kappa shape index (κ3) is 3.24. The molecule has 0 bridgehead atoms. The van der Waals surface area contributed by atoms with Crippen LogP contribution in [-0.2, 0) is 6.54 Å². The van der Waals surface area contributed by atoms with Crippen LogP contribution in [0.3, 0.4) is 0 Å². The Balaban J connectivity index is 1.69. The summed E-state index contributed by atoms with van der Waals surface area (Å²) in [5.74, 6) is 0.744. The number of benzene rings is 2. The summed E-state index contributed by atoms with van der Waals surface area (Å²) in [5, 5.41) is 11.5. The van der Waals surface area contributed by atoms with Crippen molar-refractivity contribution < 1.29 is 0 Å². The summed E-state index contributed by atoms with van der Waals surface area (Å²) < 4.78 is 2.89. The van der Waals surface area contributed by atoms with Gasteiger partial charge in [-0.3, -0.25) is 0 Å². The summed E-state index contributed by atoms with van der Waals surface area (Å²) in [6.45, 7) is 0.705. The molecule has 0 aliphatic rings. The quantitative estimate of drug-likeness (QED) is 0.791. The second kappa shape index (κ2) is 5.88. The predicted molar refractivity (Wildman–Crippen MR) is 83.0 cm³/mol. The first-order valence-corrected chi connectivity index (χ1v) is 7.05. The molecule has 0 atom stereocenters. The monoisotopic (exact) mass is 328 g/mol. The maximum Gasteiger partial charge on any atom is 0.172 e. The van der Waals surface area contributed by atoms with Gasteiger partial charge in [-0.2, -0.15) is 0 Å². The van der Waals surface area contributed by atoms with Crippen LogP contribution in [0.4, 0.5) is 11.5 Å². The third-order valence-electron chi connectivity index (χ3n) is 2.84. The van der Waals surface area contributed by atoms with E-state index in [0.717, 1.165) is 16.0 Å². The molecule has 1 heterocycles. The third-order valence-corrected chi connectivity index (χ3v) is 3.37. The van der Waals surface area contributed by atoms with E-state index in [-0.39, 0.29) is 0 Å². The van der Waals surface area contributed by atoms with Crippen molar-refractivity contribution in [1.29, 1.82) is 0 Å². The molecule has 0 saturated carbocycles. The molecular weight excluding hydrogens is 316 g/mol. The predicted octanol–water partition coefficient (Wildman–Crippen LogP) is 3.83. The van der Waals surface area contributed by atoms with Crippen LogP contribution < -0.4 is 5.32 Å². The summed E-state index contributed by atoms with van der Waals surface area (Å²) in [5.41, 5.74) is 2.19. The van der Waals surface area contributed by atoms with Crippen molar-refractivity contribution in [3.8, 4) is 0 Å². The van der Waals surface area contributed by atoms with Crippen LogP contribution in [-0.4, -0.2) is 15.0 Å². The maximum absolute atomic E-state index is 4.12. The van der Waals surface area contributed by atoms with Gasteiger partial charge in [0.2, 0.25) is 0 Å². The van der Waals surface area contributed by atoms with Crippen molar-refractivity contribution in [1.82, 2.24) is 15.0 Å². The normalized spacial score (nSPS) is 10.4. The largest absolute Gasteiger partial charge is 0.337 e. The zero-order valence-electron chi connectivity index (χ0n) is 10.7. The van der Waals surface area contributed by atoms with Gasteiger partial charge < -0.3 is 5.32 Å². The van der Waals surface area contributed by atoms with Crippen LogP contribution in [0.2, 0.25) is 0 Å². The molecule has 0 unspecified atom stereocenters. The maximum atomic E-state index is 4.12. The van der Waals surface area contributed by atoms with E-state index in [1.807, 2.05) is 53.3 Å². The Hall–Kier alpha value is -2.14. The number of nitrogens with zero attached hydrogens (tertiary/aromatic N) is 3. The number of anilines is 2. The average Bonchev–Trinajstić information content (AvgIpc) is 2.90. The Morgan fingerprint density at radius 3 is 2.50 bits per heavy atom. The topological polar surface area (TPSA) is 42.7 Å². The molecular formula is C15H13BrN4. The summed E-state index contributed by atoms with van der Waals surface area (Å²) >= 11 is 3.43. The number of aromatic nitrogens is 3. The number of hydrogen-bond donors (Lipinski definition) is 1. The highest BCUT2D eigenvalue weighted by molar-refractivity contribution is 9.10. The molecule has 4 nitrogen and oxygen atoms in total. The summed E-state index contributed by atoms with van der Waals surface area (Å²) in [6.07, 6.45) is 1.90. The van der Waals surface area contributed by atoms with Crippen molar-refractivity contribution in [3.05, 3.63) is 70.8 Å². The molecule has 1 N–H and O–H groups in total. The fourth-order valence-corrected chi connectivity index (χ4v) is 2.14. The number of hydrogen-bond acceptors (Lipinski definition) is 3. The molecule has 2 aromatic carbocycles. The molecule has 0 saturated heterocycles. The number of rotatable bonds is 4. The molecule has 1 aromatic heterocycles. The first-order chi connectivity index (χ1) is 9.79. The molecule has 0 aliphatic carbocycles. The second-order valence-electron chi connectivity index (χ2n) is 4.42. The fraction of sp³-hybridized carbons (Fsp3) is 0.0667. The molecule has 0 amide bonds. The van der Waals surface area contributed by atoms with Gasteiger partial charge in [0.1, 0.15) is 0 Å². The average molecular weight is 329 g/mol. The fourth-order valence-electron chi connectivity index (χ4n) is 1.88. The van der Waals surface area contributed by atoms with Crippen LogP contribution in [0.1, 0.15) is 5.56 Å². The van der Waals surface area contributed by atoms with Gasteiger partial charge in [-0.1, -0.05) is 51.5 Å². The lowest BCUT2D eigenvalue weighted by Gasteiger charge is -2.01. The summed E-state index contributed by atoms with van der Waals surface area (Å²) in [7, 11) is 0. The van der Waals surface area contributed by atoms with Gasteiger partial charge in [0.25, 0.3) is 0 Å². The number of nitrogens with one attached hydrogen (secondary N) is 1. The van der Waals surface area contributed by atoms with Gasteiger partial charge >= 0.3 is 0 Å². The Kier molecular flexibility index (Phi) is 3.78. The van der Waals surface area contributed by atoms with Crippen LogP contribution in [0, 0.1) is 0 Å². The first kappa shape index (κ1) is 12.9. The van der Waals surface area contributed by atoms with E-state index in [0.29, 0.717) is 6.54 Å². The highest BCUT2D eigenvalue weighted by Gasteiger charge is 2.02. The van der Waals surface area contributed by atoms with Gasteiger partial charge in [-0.25, -0.2) is 4.68 Å². The lowest BCUT2D eigenvalue weighted by atomic mass is 10.2. The summed E-state index contributed by atoms with van der Waals surface area (Å²) in [4.78, 5) is 0. The highest BCUT2D eigenvalue weighted by atomic mass is 79.9. The van der Waals surface area contributed by atoms with Crippen LogP contribution in [0.25, 0.3) is 0 Å². The van der Waals surface area contributed by atoms with Crippen LogP contribution in [0.5, 0.6) is 0 Å². The first-order valence-electron chi connectivity index (χ1n) is 6.26. The molecule has 0 aliphatic heterocycles. The molecule has 100 valence electrons. The lowest BCUT2D eigenvalue weighted by Crippen LogP contribution is -2.00. The molecule has 3 aromatic rings. The molecule has 3 rings (SSSR count). The SMILES string of the molecule is Brc1ccc(Cn2cc(Nc3ccccc3)nn2)cc1. The van der Waals surface area contributed by atoms with Crippen molar-refractivity contribution in [2.45, 2.75) is 6.54 Å². The van der Waals surface area contributed by atoms with E-state index < -0.39 is 0 Å². The minimum absolute atomic E-state index is 0.705. The molecule has 0 fully saturated rings. The highest BCUT2D eigenvalue weighted by Crippen LogP contribution is 2.14. The van der Waals surface area contributed by atoms with Gasteiger partial charge in [-0.05, 0) is 29.8 Å². The molecule has 0 radical (unpaired) electrons. The number of para-hydroxylation sites is 1. The van der Waals surface area contributed by atoms with E-state index in [2.05, 4.69) is 43.7 Å². The van der Waals surface area contributed by atoms with E-state index in [4.69, 9.17) is 0 Å². The van der Waals surface area contributed by atoms with Crippen molar-refractivity contribution in [2.24, 2.45) is 0 Å². The second-order valence-corrected chi connectivity index (χ2v) is 5.33. The van der Waals surface area contributed by atoms with Gasteiger partial charge in [0.05, 0.1) is 12.7 Å². The van der Waals surface area contributed by atoms with E-state index in [1.165, 1.54) is 5.56 Å². The van der Waals surface area contributed by atoms with E-state index >= 15 is 0 Å². The molecule has 0 spiro atoms. The Morgan fingerprint density at radius 1 is 1.00 bits per heavy atom. The molecule has 5 heteroatoms. The smallest absolute Gasteiger partial charge is 0.172 e. The zero-order valence-corrected chi connectivity index (χ0v) is 12.3. The Labute approximate surface area is 125 Å². The van der Waals surface area contributed by atoms with Crippen molar-refractivity contribution in [2.75, 3.05) is 5.32 Å². The molecule has 20 heavy (non-hydrogen) atoms. The standard InChI is InChI=1S/C15H13BrN4/c16-13-8-6-12(7-9-13)10-20-11-15(18-19-20)17-14-4-2-1-3-5-14/h1-9,11,17H,10H2.